The molecule has 15 unspecified atom stereocenters. The lowest BCUT2D eigenvalue weighted by molar-refractivity contribution is -0.153. The van der Waals surface area contributed by atoms with Gasteiger partial charge in [-0.3, -0.25) is 48.1 Å². The fourth-order valence-corrected chi connectivity index (χ4v) is 12.9. The highest BCUT2D eigenvalue weighted by Crippen LogP contribution is 2.29. The van der Waals surface area contributed by atoms with E-state index in [9.17, 15) is 28.8 Å². The average Bonchev–Trinajstić information content (AvgIpc) is 1.81. The zero-order chi connectivity index (χ0) is 70.8. The Hall–Kier alpha value is -5.92. The summed E-state index contributed by atoms with van der Waals surface area (Å²) in [7, 11) is 11.2. The zero-order valence-electron chi connectivity index (χ0n) is 61.2. The second-order valence-corrected chi connectivity index (χ2v) is 28.4. The number of piperazine rings is 1. The van der Waals surface area contributed by atoms with Crippen LogP contribution >= 0.6 is 0 Å². The summed E-state index contributed by atoms with van der Waals surface area (Å²) in [5.74, 6) is -6.77. The number of nitrogens with one attached hydrogen (secondary N) is 4. The SMILES string of the molecule is CC=CCC(C)C1OC(C)C2CN(C)C1CNC(CC)C(=O)N(C)C(C)C(=O)N(C)C(C(C)COC(=O)N1CCN(CC)CC1)C(=O)NC(C(C)C)C(=O)N(C)C(CC(C)C)C(=O)NC(C)C(=O)NC(C)C(=O)N(C)C(CC(C)C)C(=O)N(C)C(CC(C)C)C(=O)N2C. The molecule has 15 atom stereocenters. The van der Waals surface area contributed by atoms with Crippen molar-refractivity contribution in [2.24, 2.45) is 35.5 Å². The average molecular weight is 1310 g/mol. The van der Waals surface area contributed by atoms with E-state index in [2.05, 4.69) is 51.0 Å². The molecule has 4 N–H and O–H groups in total. The minimum atomic E-state index is -1.36. The molecule has 25 nitrogen and oxygen atoms in total. The molecule has 3 heterocycles. The van der Waals surface area contributed by atoms with Crippen LogP contribution in [0.2, 0.25) is 0 Å². The molecule has 0 saturated carbocycles. The van der Waals surface area contributed by atoms with Gasteiger partial charge in [0.05, 0.1) is 30.9 Å². The van der Waals surface area contributed by atoms with Gasteiger partial charge in [-0.1, -0.05) is 95.2 Å². The van der Waals surface area contributed by atoms with Gasteiger partial charge in [0, 0.05) is 93.5 Å². The number of ether oxygens (including phenoxy) is 2. The van der Waals surface area contributed by atoms with Crippen LogP contribution in [0.25, 0.3) is 0 Å². The van der Waals surface area contributed by atoms with Gasteiger partial charge >= 0.3 is 6.09 Å². The van der Waals surface area contributed by atoms with Crippen molar-refractivity contribution in [3.63, 3.8) is 0 Å². The highest BCUT2D eigenvalue weighted by Gasteiger charge is 2.46. The lowest BCUT2D eigenvalue weighted by Crippen LogP contribution is -2.62. The number of hydrogen-bond acceptors (Lipinski definition) is 15. The van der Waals surface area contributed by atoms with Crippen molar-refractivity contribution in [1.29, 1.82) is 0 Å². The quantitative estimate of drug-likeness (QED) is 0.170. The summed E-state index contributed by atoms with van der Waals surface area (Å²) >= 11 is 0. The molecule has 3 saturated heterocycles. The molecule has 0 aliphatic carbocycles. The van der Waals surface area contributed by atoms with Crippen LogP contribution in [0.5, 0.6) is 0 Å². The van der Waals surface area contributed by atoms with Gasteiger partial charge in [-0.2, -0.15) is 0 Å². The van der Waals surface area contributed by atoms with Gasteiger partial charge in [-0.05, 0) is 110 Å². The minimum Gasteiger partial charge on any atom is -0.449 e. The molecule has 0 spiro atoms. The monoisotopic (exact) mass is 1310 g/mol. The first kappa shape index (κ1) is 81.3. The van der Waals surface area contributed by atoms with E-state index >= 15 is 19.2 Å². The molecule has 3 rings (SSSR count). The Bertz CT molecular complexity index is 2530. The van der Waals surface area contributed by atoms with Gasteiger partial charge in [-0.15, -0.1) is 0 Å². The molecule has 532 valence electrons. The largest absolute Gasteiger partial charge is 0.449 e. The highest BCUT2D eigenvalue weighted by atomic mass is 16.6. The van der Waals surface area contributed by atoms with Crippen LogP contribution < -0.4 is 21.3 Å². The molecule has 3 aliphatic rings. The van der Waals surface area contributed by atoms with Gasteiger partial charge in [-0.25, -0.2) is 4.79 Å². The predicted octanol–water partition coefficient (Wildman–Crippen LogP) is 3.74. The maximum atomic E-state index is 15.3. The van der Waals surface area contributed by atoms with Gasteiger partial charge < -0.3 is 69.9 Å². The number of fused-ring (bicyclic) bond motifs is 3. The van der Waals surface area contributed by atoms with Gasteiger partial charge in [0.1, 0.15) is 48.3 Å². The zero-order valence-corrected chi connectivity index (χ0v) is 61.2. The molecule has 10 amide bonds. The summed E-state index contributed by atoms with van der Waals surface area (Å²) in [6.07, 6.45) is 4.33. The topological polar surface area (TPSA) is 266 Å². The van der Waals surface area contributed by atoms with Gasteiger partial charge in [0.15, 0.2) is 0 Å². The van der Waals surface area contributed by atoms with E-state index in [0.29, 0.717) is 52.0 Å². The van der Waals surface area contributed by atoms with Crippen LogP contribution in [-0.4, -0.2) is 284 Å². The van der Waals surface area contributed by atoms with E-state index in [1.807, 2.05) is 75.4 Å². The molecule has 3 aliphatic heterocycles. The molecule has 0 radical (unpaired) electrons. The van der Waals surface area contributed by atoms with Gasteiger partial charge in [0.2, 0.25) is 53.2 Å². The second kappa shape index (κ2) is 37.4. The van der Waals surface area contributed by atoms with Crippen molar-refractivity contribution >= 4 is 59.3 Å². The number of hydrogen-bond donors (Lipinski definition) is 4. The lowest BCUT2D eigenvalue weighted by Gasteiger charge is -2.40. The van der Waals surface area contributed by atoms with Crippen LogP contribution in [0, 0.1) is 35.5 Å². The fourth-order valence-electron chi connectivity index (χ4n) is 12.9. The number of amides is 10. The predicted molar refractivity (Wildman–Crippen MR) is 361 cm³/mol. The summed E-state index contributed by atoms with van der Waals surface area (Å²) in [6, 6.07) is -10.9. The second-order valence-electron chi connectivity index (χ2n) is 28.4. The maximum Gasteiger partial charge on any atom is 0.409 e. The molecular weight excluding hydrogens is 1190 g/mol. The summed E-state index contributed by atoms with van der Waals surface area (Å²) in [5.41, 5.74) is 0. The summed E-state index contributed by atoms with van der Waals surface area (Å²) in [6.45, 7) is 34.6. The van der Waals surface area contributed by atoms with E-state index < -0.39 is 132 Å². The third kappa shape index (κ3) is 22.1. The van der Waals surface area contributed by atoms with Crippen LogP contribution in [-0.2, 0) is 52.6 Å². The number of allylic oxidation sites excluding steroid dienone is 2. The van der Waals surface area contributed by atoms with Crippen molar-refractivity contribution < 1.29 is 57.4 Å². The number of carbonyl (C=O) groups excluding carboxylic acids is 10. The van der Waals surface area contributed by atoms with Gasteiger partial charge in [0.25, 0.3) is 0 Å². The first-order valence-corrected chi connectivity index (χ1v) is 34.2. The molecule has 2 bridgehead atoms. The first-order chi connectivity index (χ1) is 43.4. The molecule has 0 aromatic rings. The standard InChI is InChI=1S/C68H123N13O12/c1-25-28-29-44(12)58-54-37-69-50(26-2)64(87)74(19)48(16)63(86)79(24)57(45(13)39-92-68(91)81-32-30-80(27-3)31-33-81)61(84)72-56(43(10)11)67(90)75(20)51(34-40(4)5)60(83)70-46(14)59(82)71-47(15)62(85)76(21)52(35-41(6)7)65(88)77(22)53(36-42(8)9)66(89)78(23)55(38-73(54)18)49(17)93-58/h25,28,40-58,69H,26-27,29-39H2,1-24H3,(H,70,83)(H,71,82)(H,72,84). The number of nitrogens with zero attached hydrogens (tertiary/aromatic N) is 9. The third-order valence-corrected chi connectivity index (χ3v) is 19.3. The Labute approximate surface area is 557 Å². The molecular formula is C68H123N13O12. The Balaban J connectivity index is 2.28. The van der Waals surface area contributed by atoms with E-state index in [4.69, 9.17) is 9.47 Å². The minimum absolute atomic E-state index is 0.0272. The smallest absolute Gasteiger partial charge is 0.409 e. The third-order valence-electron chi connectivity index (χ3n) is 19.3. The van der Waals surface area contributed by atoms with Crippen LogP contribution in [0.4, 0.5) is 4.79 Å². The van der Waals surface area contributed by atoms with Crippen molar-refractivity contribution in [2.75, 3.05) is 102 Å². The van der Waals surface area contributed by atoms with E-state index in [0.717, 1.165) is 6.54 Å². The lowest BCUT2D eigenvalue weighted by atomic mass is 9.93. The van der Waals surface area contributed by atoms with Crippen molar-refractivity contribution in [1.82, 2.24) is 65.4 Å². The summed E-state index contributed by atoms with van der Waals surface area (Å²) in [5, 5.41) is 11.9. The van der Waals surface area contributed by atoms with E-state index in [1.54, 1.807) is 51.6 Å². The Morgan fingerprint density at radius 2 is 1.09 bits per heavy atom. The van der Waals surface area contributed by atoms with Crippen molar-refractivity contribution in [3.8, 4) is 0 Å². The highest BCUT2D eigenvalue weighted by molar-refractivity contribution is 5.98. The van der Waals surface area contributed by atoms with E-state index in [-0.39, 0.29) is 67.5 Å². The summed E-state index contributed by atoms with van der Waals surface area (Å²) < 4.78 is 13.0. The Kier molecular flexibility index (Phi) is 32.7. The number of carbonyl (C=O) groups is 10. The maximum absolute atomic E-state index is 15.3. The summed E-state index contributed by atoms with van der Waals surface area (Å²) in [4.78, 5) is 161. The van der Waals surface area contributed by atoms with Crippen LogP contribution in [0.1, 0.15) is 150 Å². The van der Waals surface area contributed by atoms with Crippen molar-refractivity contribution in [3.05, 3.63) is 12.2 Å². The normalized spacial score (nSPS) is 29.9. The first-order valence-electron chi connectivity index (χ1n) is 34.2. The van der Waals surface area contributed by atoms with Crippen LogP contribution in [0.3, 0.4) is 0 Å². The van der Waals surface area contributed by atoms with Crippen molar-refractivity contribution in [2.45, 2.75) is 228 Å². The fraction of sp³-hybridized carbons (Fsp3) is 0.824. The molecule has 0 aromatic heterocycles. The molecule has 0 aromatic carbocycles. The molecule has 3 fully saturated rings. The Morgan fingerprint density at radius 3 is 1.60 bits per heavy atom. The Morgan fingerprint density at radius 1 is 0.570 bits per heavy atom. The number of rotatable bonds is 15. The molecule has 93 heavy (non-hydrogen) atoms. The number of likely N-dealkylation sites (N-methyl/N-ethyl adjacent to an activating group) is 8. The van der Waals surface area contributed by atoms with E-state index in [1.165, 1.54) is 66.5 Å². The van der Waals surface area contributed by atoms with Crippen LogP contribution in [0.15, 0.2) is 12.2 Å². The molecule has 25 heteroatoms.